The van der Waals surface area contributed by atoms with Crippen LogP contribution in [0.15, 0.2) is 42.5 Å². The Morgan fingerprint density at radius 3 is 2.36 bits per heavy atom. The number of carbonyl (C=O) groups is 1. The lowest BCUT2D eigenvalue weighted by Gasteiger charge is -2.28. The summed E-state index contributed by atoms with van der Waals surface area (Å²) in [5.74, 6) is 1.80. The molecule has 2 aromatic carbocycles. The third kappa shape index (κ3) is 6.94. The van der Waals surface area contributed by atoms with Gasteiger partial charge in [-0.3, -0.25) is 0 Å². The number of hydrogen-bond donors (Lipinski definition) is 0. The molecule has 0 saturated heterocycles. The van der Waals surface area contributed by atoms with Gasteiger partial charge < -0.3 is 4.74 Å². The zero-order valence-electron chi connectivity index (χ0n) is 20.6. The van der Waals surface area contributed by atoms with Gasteiger partial charge in [-0.2, -0.15) is 5.26 Å². The minimum atomic E-state index is -0.409. The number of carbonyl (C=O) groups excluding carboxylic acids is 1. The third-order valence-electron chi connectivity index (χ3n) is 7.32. The zero-order chi connectivity index (χ0) is 23.6. The average molecular weight is 446 g/mol. The summed E-state index contributed by atoms with van der Waals surface area (Å²) in [7, 11) is 0. The van der Waals surface area contributed by atoms with Crippen molar-refractivity contribution in [2.45, 2.75) is 96.8 Å². The van der Waals surface area contributed by atoms with Gasteiger partial charge in [0.1, 0.15) is 11.8 Å². The average Bonchev–Trinajstić information content (AvgIpc) is 2.86. The lowest BCUT2D eigenvalue weighted by molar-refractivity contribution is 0.0734. The molecule has 176 valence electrons. The highest BCUT2D eigenvalue weighted by molar-refractivity contribution is 5.91. The molecule has 0 aromatic heterocycles. The zero-order valence-corrected chi connectivity index (χ0v) is 20.6. The van der Waals surface area contributed by atoms with E-state index in [2.05, 4.69) is 39.0 Å². The molecule has 0 heterocycles. The molecule has 2 aromatic rings. The number of nitriles is 1. The number of hydrogen-bond acceptors (Lipinski definition) is 3. The van der Waals surface area contributed by atoms with E-state index in [1.54, 1.807) is 6.07 Å². The van der Waals surface area contributed by atoms with Crippen molar-refractivity contribution in [2.24, 2.45) is 5.92 Å². The van der Waals surface area contributed by atoms with Crippen LogP contribution in [0.25, 0.3) is 0 Å². The molecule has 1 atom stereocenters. The molecule has 0 amide bonds. The van der Waals surface area contributed by atoms with Crippen molar-refractivity contribution in [3.8, 4) is 11.8 Å². The van der Waals surface area contributed by atoms with E-state index in [0.29, 0.717) is 28.7 Å². The van der Waals surface area contributed by atoms with Crippen molar-refractivity contribution in [1.29, 1.82) is 5.26 Å². The first-order chi connectivity index (χ1) is 16.0. The second-order valence-electron chi connectivity index (χ2n) is 9.78. The highest BCUT2D eigenvalue weighted by atomic mass is 16.5. The molecule has 0 bridgehead atoms. The van der Waals surface area contributed by atoms with Crippen molar-refractivity contribution in [2.75, 3.05) is 0 Å². The molecule has 3 heteroatoms. The first kappa shape index (κ1) is 25.0. The van der Waals surface area contributed by atoms with Gasteiger partial charge in [-0.05, 0) is 85.3 Å². The quantitative estimate of drug-likeness (QED) is 0.272. The van der Waals surface area contributed by atoms with Crippen molar-refractivity contribution in [1.82, 2.24) is 0 Å². The molecule has 3 rings (SSSR count). The molecule has 1 saturated carbocycles. The van der Waals surface area contributed by atoms with Crippen molar-refractivity contribution >= 4 is 5.97 Å². The van der Waals surface area contributed by atoms with Crippen LogP contribution >= 0.6 is 0 Å². The van der Waals surface area contributed by atoms with E-state index in [1.165, 1.54) is 50.5 Å². The molecule has 0 aliphatic heterocycles. The van der Waals surface area contributed by atoms with E-state index in [9.17, 15) is 10.1 Å². The van der Waals surface area contributed by atoms with E-state index in [0.717, 1.165) is 30.7 Å². The normalized spacial score (nSPS) is 19.0. The molecular formula is C30H39NO2. The predicted octanol–water partition coefficient (Wildman–Crippen LogP) is 8.54. The summed E-state index contributed by atoms with van der Waals surface area (Å²) in [6, 6.07) is 15.7. The van der Waals surface area contributed by atoms with Gasteiger partial charge in [0.15, 0.2) is 0 Å². The van der Waals surface area contributed by atoms with Gasteiger partial charge in [0.2, 0.25) is 0 Å². The van der Waals surface area contributed by atoms with E-state index in [4.69, 9.17) is 4.74 Å². The van der Waals surface area contributed by atoms with Crippen LogP contribution in [0.1, 0.15) is 124 Å². The lowest BCUT2D eigenvalue weighted by atomic mass is 9.77. The minimum absolute atomic E-state index is 0.336. The molecule has 1 aliphatic carbocycles. The summed E-state index contributed by atoms with van der Waals surface area (Å²) in [4.78, 5) is 12.7. The number of benzene rings is 2. The number of rotatable bonds is 10. The molecule has 0 radical (unpaired) electrons. The summed E-state index contributed by atoms with van der Waals surface area (Å²) in [6.07, 6.45) is 12.5. The standard InChI is InChI=1S/C30H39NO2/c1-4-6-8-22(3)27-18-19-29(28(20-27)21-31)33-30(32)26-16-14-25(15-17-26)24-12-10-23(11-13-24)9-7-5-2/h14-20,22-24H,4-13H2,1-3H3. The molecule has 0 N–H and O–H groups in total. The van der Waals surface area contributed by atoms with Crippen LogP contribution in [0, 0.1) is 17.2 Å². The van der Waals surface area contributed by atoms with E-state index in [1.807, 2.05) is 24.3 Å². The van der Waals surface area contributed by atoms with Gasteiger partial charge in [0.25, 0.3) is 0 Å². The highest BCUT2D eigenvalue weighted by Gasteiger charge is 2.22. The minimum Gasteiger partial charge on any atom is -0.422 e. The van der Waals surface area contributed by atoms with Gasteiger partial charge in [-0.1, -0.05) is 71.1 Å². The number of ether oxygens (including phenoxy) is 1. The maximum atomic E-state index is 12.7. The smallest absolute Gasteiger partial charge is 0.343 e. The Balaban J connectivity index is 1.60. The predicted molar refractivity (Wildman–Crippen MR) is 135 cm³/mol. The SMILES string of the molecule is CCCCC1CCC(c2ccc(C(=O)Oc3ccc(C(C)CCCC)cc3C#N)cc2)CC1. The van der Waals surface area contributed by atoms with Gasteiger partial charge in [0.05, 0.1) is 11.1 Å². The highest BCUT2D eigenvalue weighted by Crippen LogP contribution is 2.37. The molecular weight excluding hydrogens is 406 g/mol. The van der Waals surface area contributed by atoms with Crippen molar-refractivity contribution < 1.29 is 9.53 Å². The van der Waals surface area contributed by atoms with Crippen LogP contribution in [0.4, 0.5) is 0 Å². The number of nitrogens with zero attached hydrogens (tertiary/aromatic N) is 1. The van der Waals surface area contributed by atoms with Crippen LogP contribution in [-0.2, 0) is 0 Å². The van der Waals surface area contributed by atoms with Gasteiger partial charge >= 0.3 is 5.97 Å². The second kappa shape index (κ2) is 12.6. The first-order valence-electron chi connectivity index (χ1n) is 12.9. The maximum absolute atomic E-state index is 12.7. The Kier molecular flexibility index (Phi) is 9.55. The first-order valence-corrected chi connectivity index (χ1v) is 12.9. The largest absolute Gasteiger partial charge is 0.422 e. The van der Waals surface area contributed by atoms with Crippen LogP contribution in [0.3, 0.4) is 0 Å². The molecule has 33 heavy (non-hydrogen) atoms. The van der Waals surface area contributed by atoms with Gasteiger partial charge in [-0.25, -0.2) is 4.79 Å². The fraction of sp³-hybridized carbons (Fsp3) is 0.533. The summed E-state index contributed by atoms with van der Waals surface area (Å²) >= 11 is 0. The van der Waals surface area contributed by atoms with E-state index >= 15 is 0 Å². The number of unbranched alkanes of at least 4 members (excludes halogenated alkanes) is 2. The third-order valence-corrected chi connectivity index (χ3v) is 7.32. The Labute approximate surface area is 200 Å². The van der Waals surface area contributed by atoms with Crippen LogP contribution in [-0.4, -0.2) is 5.97 Å². The van der Waals surface area contributed by atoms with Gasteiger partial charge in [-0.15, -0.1) is 0 Å². The van der Waals surface area contributed by atoms with Crippen molar-refractivity contribution in [3.05, 3.63) is 64.7 Å². The van der Waals surface area contributed by atoms with E-state index < -0.39 is 5.97 Å². The van der Waals surface area contributed by atoms with Crippen LogP contribution in [0.2, 0.25) is 0 Å². The van der Waals surface area contributed by atoms with E-state index in [-0.39, 0.29) is 0 Å². The molecule has 1 fully saturated rings. The maximum Gasteiger partial charge on any atom is 0.343 e. The summed E-state index contributed by atoms with van der Waals surface area (Å²) < 4.78 is 5.61. The number of esters is 1. The second-order valence-corrected chi connectivity index (χ2v) is 9.78. The molecule has 1 aliphatic rings. The van der Waals surface area contributed by atoms with Crippen LogP contribution in [0.5, 0.6) is 5.75 Å². The summed E-state index contributed by atoms with van der Waals surface area (Å²) in [6.45, 7) is 6.63. The van der Waals surface area contributed by atoms with Crippen molar-refractivity contribution in [3.63, 3.8) is 0 Å². The summed E-state index contributed by atoms with van der Waals surface area (Å²) in [5.41, 5.74) is 3.39. The summed E-state index contributed by atoms with van der Waals surface area (Å²) in [5, 5.41) is 9.59. The Morgan fingerprint density at radius 2 is 1.73 bits per heavy atom. The Hall–Kier alpha value is -2.60. The van der Waals surface area contributed by atoms with Gasteiger partial charge in [0, 0.05) is 0 Å². The van der Waals surface area contributed by atoms with Crippen LogP contribution < -0.4 is 4.74 Å². The Morgan fingerprint density at radius 1 is 1.03 bits per heavy atom. The monoisotopic (exact) mass is 445 g/mol. The lowest BCUT2D eigenvalue weighted by Crippen LogP contribution is -2.14. The fourth-order valence-electron chi connectivity index (χ4n) is 5.03. The topological polar surface area (TPSA) is 50.1 Å². The molecule has 1 unspecified atom stereocenters. The fourth-order valence-corrected chi connectivity index (χ4v) is 5.03. The molecule has 3 nitrogen and oxygen atoms in total. The Bertz CT molecular complexity index is 933. The molecule has 0 spiro atoms.